The smallest absolute Gasteiger partial charge is 0.166 e. The van der Waals surface area contributed by atoms with E-state index in [1.807, 2.05) is 6.92 Å². The molecule has 0 N–H and O–H groups in total. The van der Waals surface area contributed by atoms with Crippen LogP contribution in [-0.2, 0) is 16.0 Å². The van der Waals surface area contributed by atoms with Crippen molar-refractivity contribution in [2.24, 2.45) is 5.92 Å². The van der Waals surface area contributed by atoms with Gasteiger partial charge in [0.25, 0.3) is 0 Å². The molecule has 1 unspecified atom stereocenters. The fourth-order valence-corrected chi connectivity index (χ4v) is 3.45. The summed E-state index contributed by atoms with van der Waals surface area (Å²) in [5.74, 6) is 0.470. The van der Waals surface area contributed by atoms with E-state index in [9.17, 15) is 4.79 Å². The Hall–Kier alpha value is -0.570. The zero-order chi connectivity index (χ0) is 15.2. The van der Waals surface area contributed by atoms with Crippen molar-refractivity contribution in [1.29, 1.82) is 0 Å². The SMILES string of the molecule is CCOC(C(=O)Cc1cc(Cl)ccc1Cl)C1CCCCC1. The molecule has 1 saturated carbocycles. The number of carbonyl (C=O) groups is 1. The van der Waals surface area contributed by atoms with Gasteiger partial charge in [-0.05, 0) is 49.4 Å². The molecular weight excluding hydrogens is 307 g/mol. The Labute approximate surface area is 136 Å². The third-order valence-electron chi connectivity index (χ3n) is 4.11. The van der Waals surface area contributed by atoms with Crippen LogP contribution >= 0.6 is 23.2 Å². The van der Waals surface area contributed by atoms with E-state index in [1.165, 1.54) is 19.3 Å². The molecule has 2 nitrogen and oxygen atoms in total. The normalized spacial score (nSPS) is 17.7. The number of benzene rings is 1. The van der Waals surface area contributed by atoms with Crippen molar-refractivity contribution in [3.05, 3.63) is 33.8 Å². The fraction of sp³-hybridized carbons (Fsp3) is 0.588. The summed E-state index contributed by atoms with van der Waals surface area (Å²) in [4.78, 5) is 12.6. The molecule has 0 radical (unpaired) electrons. The van der Waals surface area contributed by atoms with Gasteiger partial charge in [-0.15, -0.1) is 0 Å². The van der Waals surface area contributed by atoms with Crippen LogP contribution in [0, 0.1) is 5.92 Å². The maximum atomic E-state index is 12.6. The van der Waals surface area contributed by atoms with Crippen LogP contribution in [0.2, 0.25) is 10.0 Å². The number of rotatable bonds is 6. The lowest BCUT2D eigenvalue weighted by Gasteiger charge is -2.29. The highest BCUT2D eigenvalue weighted by Crippen LogP contribution is 2.30. The number of carbonyl (C=O) groups excluding carboxylic acids is 1. The standard InChI is InChI=1S/C17H22Cl2O2/c1-2-21-17(12-6-4-3-5-7-12)16(20)11-13-10-14(18)8-9-15(13)19/h8-10,12,17H,2-7,11H2,1H3. The van der Waals surface area contributed by atoms with E-state index in [-0.39, 0.29) is 11.9 Å². The molecule has 1 aromatic rings. The summed E-state index contributed by atoms with van der Waals surface area (Å²) in [6, 6.07) is 5.24. The molecule has 0 saturated heterocycles. The van der Waals surface area contributed by atoms with Crippen molar-refractivity contribution in [1.82, 2.24) is 0 Å². The molecule has 1 atom stereocenters. The van der Waals surface area contributed by atoms with Crippen LogP contribution in [-0.4, -0.2) is 18.5 Å². The summed E-state index contributed by atoms with van der Waals surface area (Å²) in [5.41, 5.74) is 0.787. The number of hydrogen-bond acceptors (Lipinski definition) is 2. The van der Waals surface area contributed by atoms with Gasteiger partial charge in [-0.3, -0.25) is 4.79 Å². The zero-order valence-corrected chi connectivity index (χ0v) is 13.9. The molecule has 1 fully saturated rings. The molecule has 4 heteroatoms. The monoisotopic (exact) mass is 328 g/mol. The second kappa shape index (κ2) is 8.17. The highest BCUT2D eigenvalue weighted by atomic mass is 35.5. The second-order valence-corrected chi connectivity index (χ2v) is 6.50. The maximum absolute atomic E-state index is 12.6. The number of halogens is 2. The largest absolute Gasteiger partial charge is 0.370 e. The van der Waals surface area contributed by atoms with Crippen LogP contribution in [0.1, 0.15) is 44.6 Å². The van der Waals surface area contributed by atoms with E-state index in [2.05, 4.69) is 0 Å². The molecule has 1 aliphatic rings. The second-order valence-electron chi connectivity index (χ2n) is 5.65. The molecule has 0 bridgehead atoms. The van der Waals surface area contributed by atoms with E-state index >= 15 is 0 Å². The molecular formula is C17H22Cl2O2. The molecule has 116 valence electrons. The van der Waals surface area contributed by atoms with Gasteiger partial charge in [-0.1, -0.05) is 42.5 Å². The summed E-state index contributed by atoms with van der Waals surface area (Å²) in [7, 11) is 0. The van der Waals surface area contributed by atoms with E-state index in [1.54, 1.807) is 18.2 Å². The Kier molecular flexibility index (Phi) is 6.53. The van der Waals surface area contributed by atoms with Gasteiger partial charge in [0.2, 0.25) is 0 Å². The fourth-order valence-electron chi connectivity index (χ4n) is 3.08. The Morgan fingerprint density at radius 1 is 1.29 bits per heavy atom. The predicted molar refractivity (Wildman–Crippen MR) is 87.2 cm³/mol. The average molecular weight is 329 g/mol. The van der Waals surface area contributed by atoms with Gasteiger partial charge in [-0.25, -0.2) is 0 Å². The highest BCUT2D eigenvalue weighted by molar-refractivity contribution is 6.33. The number of hydrogen-bond donors (Lipinski definition) is 0. The lowest BCUT2D eigenvalue weighted by Crippen LogP contribution is -2.35. The molecule has 0 aromatic heterocycles. The van der Waals surface area contributed by atoms with Gasteiger partial charge >= 0.3 is 0 Å². The van der Waals surface area contributed by atoms with Crippen molar-refractivity contribution in [3.8, 4) is 0 Å². The third kappa shape index (κ3) is 4.70. The lowest BCUT2D eigenvalue weighted by molar-refractivity contribution is -0.134. The van der Waals surface area contributed by atoms with E-state index in [0.29, 0.717) is 29.0 Å². The number of Topliss-reactive ketones (excluding diaryl/α,β-unsaturated/α-hetero) is 1. The molecule has 0 heterocycles. The Morgan fingerprint density at radius 2 is 2.00 bits per heavy atom. The van der Waals surface area contributed by atoms with Gasteiger partial charge in [-0.2, -0.15) is 0 Å². The van der Waals surface area contributed by atoms with Gasteiger partial charge < -0.3 is 4.74 Å². The Bertz CT molecular complexity index is 482. The van der Waals surface area contributed by atoms with Crippen molar-refractivity contribution < 1.29 is 9.53 Å². The number of ether oxygens (including phenoxy) is 1. The van der Waals surface area contributed by atoms with Crippen molar-refractivity contribution in [2.75, 3.05) is 6.61 Å². The highest BCUT2D eigenvalue weighted by Gasteiger charge is 2.30. The Balaban J connectivity index is 2.08. The number of ketones is 1. The molecule has 2 rings (SSSR count). The topological polar surface area (TPSA) is 26.3 Å². The quantitative estimate of drug-likeness (QED) is 0.726. The summed E-state index contributed by atoms with van der Waals surface area (Å²) in [6.07, 6.45) is 5.81. The molecule has 1 aliphatic carbocycles. The van der Waals surface area contributed by atoms with Crippen LogP contribution < -0.4 is 0 Å². The molecule has 0 aliphatic heterocycles. The molecule has 21 heavy (non-hydrogen) atoms. The van der Waals surface area contributed by atoms with Crippen LogP contribution in [0.3, 0.4) is 0 Å². The Morgan fingerprint density at radius 3 is 2.67 bits per heavy atom. The lowest BCUT2D eigenvalue weighted by atomic mass is 9.82. The van der Waals surface area contributed by atoms with E-state index < -0.39 is 0 Å². The van der Waals surface area contributed by atoms with E-state index in [0.717, 1.165) is 18.4 Å². The first-order chi connectivity index (χ1) is 10.1. The van der Waals surface area contributed by atoms with Crippen LogP contribution in [0.4, 0.5) is 0 Å². The minimum absolute atomic E-state index is 0.118. The average Bonchev–Trinajstić information content (AvgIpc) is 2.49. The van der Waals surface area contributed by atoms with E-state index in [4.69, 9.17) is 27.9 Å². The first-order valence-electron chi connectivity index (χ1n) is 7.70. The predicted octanol–water partition coefficient (Wildman–Crippen LogP) is 5.09. The van der Waals surface area contributed by atoms with Crippen molar-refractivity contribution in [2.45, 2.75) is 51.6 Å². The van der Waals surface area contributed by atoms with Gasteiger partial charge in [0.15, 0.2) is 5.78 Å². The first-order valence-corrected chi connectivity index (χ1v) is 8.45. The van der Waals surface area contributed by atoms with Gasteiger partial charge in [0.05, 0.1) is 0 Å². The summed E-state index contributed by atoms with van der Waals surface area (Å²) < 4.78 is 5.76. The van der Waals surface area contributed by atoms with Crippen LogP contribution in [0.25, 0.3) is 0 Å². The first kappa shape index (κ1) is 16.8. The third-order valence-corrected chi connectivity index (χ3v) is 4.72. The molecule has 0 spiro atoms. The molecule has 1 aromatic carbocycles. The van der Waals surface area contributed by atoms with Crippen LogP contribution in [0.15, 0.2) is 18.2 Å². The molecule has 0 amide bonds. The summed E-state index contributed by atoms with van der Waals surface area (Å²) >= 11 is 12.1. The van der Waals surface area contributed by atoms with Crippen molar-refractivity contribution >= 4 is 29.0 Å². The summed E-state index contributed by atoms with van der Waals surface area (Å²) in [6.45, 7) is 2.51. The van der Waals surface area contributed by atoms with Crippen molar-refractivity contribution in [3.63, 3.8) is 0 Å². The van der Waals surface area contributed by atoms with Gasteiger partial charge in [0.1, 0.15) is 6.10 Å². The minimum atomic E-state index is -0.301. The minimum Gasteiger partial charge on any atom is -0.370 e. The van der Waals surface area contributed by atoms with Gasteiger partial charge in [0, 0.05) is 23.1 Å². The maximum Gasteiger partial charge on any atom is 0.166 e. The van der Waals surface area contributed by atoms with Crippen LogP contribution in [0.5, 0.6) is 0 Å². The zero-order valence-electron chi connectivity index (χ0n) is 12.4. The summed E-state index contributed by atoms with van der Waals surface area (Å²) in [5, 5.41) is 1.19.